The van der Waals surface area contributed by atoms with Gasteiger partial charge in [0.15, 0.2) is 0 Å². The number of amides is 1. The Labute approximate surface area is 183 Å². The van der Waals surface area contributed by atoms with Gasteiger partial charge in [-0.25, -0.2) is 12.8 Å². The van der Waals surface area contributed by atoms with Crippen molar-refractivity contribution in [2.45, 2.75) is 19.4 Å². The molecule has 2 aromatic carbocycles. The molecule has 3 rings (SSSR count). The van der Waals surface area contributed by atoms with Crippen LogP contribution in [0, 0.1) is 5.82 Å². The summed E-state index contributed by atoms with van der Waals surface area (Å²) in [4.78, 5) is 17.5. The van der Waals surface area contributed by atoms with Crippen molar-refractivity contribution in [2.75, 3.05) is 54.0 Å². The molecule has 31 heavy (non-hydrogen) atoms. The third-order valence-electron chi connectivity index (χ3n) is 5.42. The molecule has 9 heteroatoms. The van der Waals surface area contributed by atoms with Crippen LogP contribution in [0.4, 0.5) is 21.5 Å². The summed E-state index contributed by atoms with van der Waals surface area (Å²) in [5, 5.41) is 2.78. The van der Waals surface area contributed by atoms with Crippen LogP contribution in [-0.4, -0.2) is 64.7 Å². The minimum Gasteiger partial charge on any atom is -0.369 e. The Morgan fingerprint density at radius 3 is 2.26 bits per heavy atom. The van der Waals surface area contributed by atoms with Crippen molar-refractivity contribution in [1.82, 2.24) is 4.90 Å². The molecule has 1 fully saturated rings. The Hall–Kier alpha value is -2.65. The van der Waals surface area contributed by atoms with Crippen LogP contribution in [0.2, 0.25) is 0 Å². The summed E-state index contributed by atoms with van der Waals surface area (Å²) in [7, 11) is -1.79. The Kier molecular flexibility index (Phi) is 7.17. The van der Waals surface area contributed by atoms with E-state index in [2.05, 4.69) is 22.2 Å². The average molecular weight is 449 g/mol. The second-order valence-corrected chi connectivity index (χ2v) is 9.62. The number of sulfonamides is 1. The minimum atomic E-state index is -3.89. The molecule has 2 aromatic rings. The number of hydrogen-bond acceptors (Lipinski definition) is 5. The van der Waals surface area contributed by atoms with Gasteiger partial charge in [-0.15, -0.1) is 0 Å². The highest BCUT2D eigenvalue weighted by Gasteiger charge is 2.33. The van der Waals surface area contributed by atoms with E-state index in [-0.39, 0.29) is 12.1 Å². The van der Waals surface area contributed by atoms with Gasteiger partial charge >= 0.3 is 0 Å². The van der Waals surface area contributed by atoms with E-state index in [0.717, 1.165) is 42.4 Å². The molecule has 1 N–H and O–H groups in total. The van der Waals surface area contributed by atoms with Gasteiger partial charge in [-0.05, 0) is 49.9 Å². The summed E-state index contributed by atoms with van der Waals surface area (Å²) >= 11 is 0. The molecule has 1 aliphatic rings. The summed E-state index contributed by atoms with van der Waals surface area (Å²) < 4.78 is 40.1. The van der Waals surface area contributed by atoms with E-state index < -0.39 is 27.8 Å². The fourth-order valence-corrected chi connectivity index (χ4v) is 4.92. The Morgan fingerprint density at radius 1 is 1.10 bits per heavy atom. The van der Waals surface area contributed by atoms with Crippen molar-refractivity contribution in [3.05, 3.63) is 54.3 Å². The quantitative estimate of drug-likeness (QED) is 0.705. The van der Waals surface area contributed by atoms with E-state index in [4.69, 9.17) is 0 Å². The van der Waals surface area contributed by atoms with E-state index >= 15 is 0 Å². The second-order valence-electron chi connectivity index (χ2n) is 7.76. The highest BCUT2D eigenvalue weighted by Crippen LogP contribution is 2.26. The number of halogens is 1. The zero-order valence-electron chi connectivity index (χ0n) is 18.1. The fourth-order valence-electron chi connectivity index (χ4n) is 3.71. The summed E-state index contributed by atoms with van der Waals surface area (Å²) in [5.41, 5.74) is 1.49. The standard InChI is InChI=1S/C22H29FN4O3S/c1-4-20(27(31(3,29)30)21-8-6-5-7-19(21)23)22(28)24-17-9-11-18(12-10-17)26-15-13-25(2)14-16-26/h5-12,20H,4,13-16H2,1-3H3,(H,24,28)/t20-/m1/s1. The van der Waals surface area contributed by atoms with Gasteiger partial charge in [-0.2, -0.15) is 0 Å². The maximum atomic E-state index is 14.4. The molecule has 0 saturated carbocycles. The largest absolute Gasteiger partial charge is 0.369 e. The first-order valence-electron chi connectivity index (χ1n) is 10.3. The van der Waals surface area contributed by atoms with Crippen molar-refractivity contribution in [3.8, 4) is 0 Å². The molecular weight excluding hydrogens is 419 g/mol. The zero-order chi connectivity index (χ0) is 22.6. The highest BCUT2D eigenvalue weighted by atomic mass is 32.2. The summed E-state index contributed by atoms with van der Waals surface area (Å²) in [6.07, 6.45) is 1.16. The van der Waals surface area contributed by atoms with E-state index in [9.17, 15) is 17.6 Å². The smallest absolute Gasteiger partial charge is 0.248 e. The first-order chi connectivity index (χ1) is 14.7. The third kappa shape index (κ3) is 5.54. The molecule has 0 radical (unpaired) electrons. The summed E-state index contributed by atoms with van der Waals surface area (Å²) in [5.74, 6) is -1.21. The van der Waals surface area contributed by atoms with E-state index in [1.54, 1.807) is 19.1 Å². The predicted octanol–water partition coefficient (Wildman–Crippen LogP) is 2.76. The van der Waals surface area contributed by atoms with Crippen LogP contribution in [0.25, 0.3) is 0 Å². The van der Waals surface area contributed by atoms with Crippen LogP contribution in [-0.2, 0) is 14.8 Å². The predicted molar refractivity (Wildman–Crippen MR) is 123 cm³/mol. The minimum absolute atomic E-state index is 0.141. The number of nitrogens with zero attached hydrogens (tertiary/aromatic N) is 3. The Balaban J connectivity index is 1.77. The number of piperazine rings is 1. The van der Waals surface area contributed by atoms with Crippen molar-refractivity contribution >= 4 is 33.0 Å². The number of anilines is 3. The number of carbonyl (C=O) groups is 1. The zero-order valence-corrected chi connectivity index (χ0v) is 18.9. The summed E-state index contributed by atoms with van der Waals surface area (Å²) in [6.45, 7) is 5.56. The lowest BCUT2D eigenvalue weighted by Crippen LogP contribution is -2.47. The fraction of sp³-hybridized carbons (Fsp3) is 0.409. The maximum absolute atomic E-state index is 14.4. The van der Waals surface area contributed by atoms with Gasteiger partial charge in [-0.1, -0.05) is 19.1 Å². The van der Waals surface area contributed by atoms with Crippen LogP contribution >= 0.6 is 0 Å². The van der Waals surface area contributed by atoms with Crippen LogP contribution < -0.4 is 14.5 Å². The molecule has 7 nitrogen and oxygen atoms in total. The first kappa shape index (κ1) is 23.0. The molecule has 0 aliphatic carbocycles. The Bertz CT molecular complexity index is 1010. The molecule has 0 aromatic heterocycles. The van der Waals surface area contributed by atoms with Gasteiger partial charge in [0.2, 0.25) is 15.9 Å². The number of rotatable bonds is 7. The topological polar surface area (TPSA) is 73.0 Å². The monoisotopic (exact) mass is 448 g/mol. The molecule has 1 saturated heterocycles. The van der Waals surface area contributed by atoms with E-state index in [0.29, 0.717) is 5.69 Å². The molecule has 0 bridgehead atoms. The molecule has 1 heterocycles. The normalized spacial score (nSPS) is 16.1. The van der Waals surface area contributed by atoms with Gasteiger partial charge in [0.1, 0.15) is 11.9 Å². The van der Waals surface area contributed by atoms with Crippen LogP contribution in [0.5, 0.6) is 0 Å². The molecule has 0 unspecified atom stereocenters. The molecule has 1 atom stereocenters. The van der Waals surface area contributed by atoms with Gasteiger partial charge in [0, 0.05) is 37.6 Å². The van der Waals surface area contributed by atoms with Crippen LogP contribution in [0.15, 0.2) is 48.5 Å². The van der Waals surface area contributed by atoms with Gasteiger partial charge in [0.05, 0.1) is 11.9 Å². The van der Waals surface area contributed by atoms with Gasteiger partial charge in [0.25, 0.3) is 0 Å². The van der Waals surface area contributed by atoms with Gasteiger partial charge < -0.3 is 15.1 Å². The molecule has 1 aliphatic heterocycles. The number of para-hydroxylation sites is 1. The second kappa shape index (κ2) is 9.65. The highest BCUT2D eigenvalue weighted by molar-refractivity contribution is 7.92. The maximum Gasteiger partial charge on any atom is 0.248 e. The van der Waals surface area contributed by atoms with Crippen molar-refractivity contribution in [3.63, 3.8) is 0 Å². The lowest BCUT2D eigenvalue weighted by molar-refractivity contribution is -0.117. The molecule has 168 valence electrons. The number of hydrogen-bond donors (Lipinski definition) is 1. The third-order valence-corrected chi connectivity index (χ3v) is 6.59. The number of carbonyl (C=O) groups excluding carboxylic acids is 1. The average Bonchev–Trinajstić information content (AvgIpc) is 2.73. The van der Waals surface area contributed by atoms with Crippen LogP contribution in [0.3, 0.4) is 0 Å². The lowest BCUT2D eigenvalue weighted by Gasteiger charge is -2.34. The SMILES string of the molecule is CC[C@H](C(=O)Nc1ccc(N2CCN(C)CC2)cc1)N(c1ccccc1F)S(C)(=O)=O. The molecule has 1 amide bonds. The molecule has 0 spiro atoms. The number of benzene rings is 2. The van der Waals surface area contributed by atoms with Gasteiger partial charge in [-0.3, -0.25) is 9.10 Å². The van der Waals surface area contributed by atoms with Crippen molar-refractivity contribution < 1.29 is 17.6 Å². The first-order valence-corrected chi connectivity index (χ1v) is 12.1. The molecular formula is C22H29FN4O3S. The van der Waals surface area contributed by atoms with E-state index in [1.807, 2.05) is 12.1 Å². The Morgan fingerprint density at radius 2 is 1.71 bits per heavy atom. The van der Waals surface area contributed by atoms with Crippen LogP contribution in [0.1, 0.15) is 13.3 Å². The summed E-state index contributed by atoms with van der Waals surface area (Å²) in [6, 6.07) is 11.9. The lowest BCUT2D eigenvalue weighted by atomic mass is 10.1. The van der Waals surface area contributed by atoms with Crippen molar-refractivity contribution in [1.29, 1.82) is 0 Å². The number of likely N-dealkylation sites (N-methyl/N-ethyl adjacent to an activating group) is 1. The van der Waals surface area contributed by atoms with Crippen molar-refractivity contribution in [2.24, 2.45) is 0 Å². The number of nitrogens with one attached hydrogen (secondary N) is 1. The van der Waals surface area contributed by atoms with E-state index in [1.165, 1.54) is 24.3 Å².